The topological polar surface area (TPSA) is 111 Å². The number of hydrogen-bond donors (Lipinski definition) is 1. The molecule has 0 unspecified atom stereocenters. The lowest BCUT2D eigenvalue weighted by Gasteiger charge is -2.15. The number of fused-ring (bicyclic) bond motifs is 1. The maximum atomic E-state index is 12.7. The molecule has 2 heterocycles. The number of carbonyl (C=O) groups is 2. The number of anilines is 1. The average Bonchev–Trinajstić information content (AvgIpc) is 3.39. The van der Waals surface area contributed by atoms with Gasteiger partial charge in [-0.2, -0.15) is 5.10 Å². The van der Waals surface area contributed by atoms with Gasteiger partial charge in [0, 0.05) is 25.2 Å². The summed E-state index contributed by atoms with van der Waals surface area (Å²) in [5.41, 5.74) is 2.23. The molecule has 0 radical (unpaired) electrons. The first-order chi connectivity index (χ1) is 17.0. The van der Waals surface area contributed by atoms with Crippen molar-refractivity contribution in [1.29, 1.82) is 0 Å². The molecule has 0 aliphatic heterocycles. The summed E-state index contributed by atoms with van der Waals surface area (Å²) in [6.07, 6.45) is 0. The van der Waals surface area contributed by atoms with Crippen LogP contribution in [0.25, 0.3) is 15.9 Å². The van der Waals surface area contributed by atoms with Crippen molar-refractivity contribution in [1.82, 2.24) is 14.1 Å². The number of halogens is 1. The highest BCUT2D eigenvalue weighted by atomic mass is 35.5. The first-order valence-electron chi connectivity index (χ1n) is 10.7. The predicted molar refractivity (Wildman–Crippen MR) is 140 cm³/mol. The average molecular weight is 547 g/mol. The minimum absolute atomic E-state index is 0.0792. The molecular weight excluding hydrogens is 524 g/mol. The minimum Gasteiger partial charge on any atom is -0.451 e. The molecule has 9 nitrogen and oxygen atoms in total. The highest BCUT2D eigenvalue weighted by Gasteiger charge is 2.22. The van der Waals surface area contributed by atoms with Crippen LogP contribution in [0, 0.1) is 13.8 Å². The molecule has 0 aliphatic carbocycles. The summed E-state index contributed by atoms with van der Waals surface area (Å²) in [7, 11) is -0.819. The molecule has 0 spiro atoms. The lowest BCUT2D eigenvalue weighted by Crippen LogP contribution is -2.24. The zero-order chi connectivity index (χ0) is 26.2. The van der Waals surface area contributed by atoms with Crippen LogP contribution in [0.2, 0.25) is 5.02 Å². The number of amides is 1. The molecule has 4 rings (SSSR count). The number of aryl methyl sites for hydroxylation is 2. The largest absolute Gasteiger partial charge is 0.451 e. The zero-order valence-corrected chi connectivity index (χ0v) is 22.3. The van der Waals surface area contributed by atoms with Crippen molar-refractivity contribution in [3.63, 3.8) is 0 Å². The van der Waals surface area contributed by atoms with E-state index >= 15 is 0 Å². The van der Waals surface area contributed by atoms with Gasteiger partial charge in [-0.3, -0.25) is 4.79 Å². The van der Waals surface area contributed by atoms with Crippen molar-refractivity contribution in [2.24, 2.45) is 0 Å². The fourth-order valence-corrected chi connectivity index (χ4v) is 5.92. The Hall–Kier alpha value is -3.25. The molecule has 2 aromatic heterocycles. The summed E-state index contributed by atoms with van der Waals surface area (Å²) in [4.78, 5) is 26.2. The van der Waals surface area contributed by atoms with Gasteiger partial charge in [0.1, 0.15) is 9.71 Å². The maximum Gasteiger partial charge on any atom is 0.348 e. The standard InChI is InChI=1S/C24H23ClN4O5S2/c1-14-9-10-16(11-21(14)36(32,33)28(3)4)26-22(30)13-34-24(31)20-12-17-15(2)27-29(23(17)35-20)19-8-6-5-7-18(19)25/h5-12H,13H2,1-4H3,(H,26,30). The molecule has 12 heteroatoms. The van der Waals surface area contributed by atoms with E-state index in [1.165, 1.54) is 31.5 Å². The molecule has 0 saturated heterocycles. The van der Waals surface area contributed by atoms with E-state index in [0.717, 1.165) is 20.2 Å². The molecule has 0 bridgehead atoms. The van der Waals surface area contributed by atoms with Gasteiger partial charge in [0.15, 0.2) is 6.61 Å². The molecule has 2 aromatic carbocycles. The Morgan fingerprint density at radius 1 is 1.14 bits per heavy atom. The molecular formula is C24H23ClN4O5S2. The number of carbonyl (C=O) groups excluding carboxylic acids is 2. The van der Waals surface area contributed by atoms with Gasteiger partial charge in [-0.15, -0.1) is 11.3 Å². The van der Waals surface area contributed by atoms with Gasteiger partial charge in [-0.25, -0.2) is 22.2 Å². The molecule has 36 heavy (non-hydrogen) atoms. The lowest BCUT2D eigenvalue weighted by atomic mass is 10.2. The van der Waals surface area contributed by atoms with Gasteiger partial charge in [0.2, 0.25) is 10.0 Å². The van der Waals surface area contributed by atoms with Crippen LogP contribution in [0.4, 0.5) is 5.69 Å². The van der Waals surface area contributed by atoms with Crippen molar-refractivity contribution in [2.75, 3.05) is 26.0 Å². The lowest BCUT2D eigenvalue weighted by molar-refractivity contribution is -0.119. The van der Waals surface area contributed by atoms with E-state index in [4.69, 9.17) is 16.3 Å². The van der Waals surface area contributed by atoms with E-state index in [-0.39, 0.29) is 10.6 Å². The summed E-state index contributed by atoms with van der Waals surface area (Å²) < 4.78 is 33.0. The number of sulfonamides is 1. The second-order valence-corrected chi connectivity index (χ2v) is 11.7. The summed E-state index contributed by atoms with van der Waals surface area (Å²) in [6, 6.07) is 13.5. The fourth-order valence-electron chi connectivity index (χ4n) is 3.49. The van der Waals surface area contributed by atoms with Gasteiger partial charge >= 0.3 is 5.97 Å². The van der Waals surface area contributed by atoms with Crippen molar-refractivity contribution < 1.29 is 22.7 Å². The number of ether oxygens (including phenoxy) is 1. The molecule has 1 N–H and O–H groups in total. The molecule has 0 atom stereocenters. The first-order valence-corrected chi connectivity index (χ1v) is 13.4. The molecule has 0 saturated carbocycles. The summed E-state index contributed by atoms with van der Waals surface area (Å²) in [6.45, 7) is 2.96. The van der Waals surface area contributed by atoms with E-state index in [0.29, 0.717) is 21.2 Å². The Labute approximate surface area is 217 Å². The summed E-state index contributed by atoms with van der Waals surface area (Å²) >= 11 is 7.50. The number of benzene rings is 2. The van der Waals surface area contributed by atoms with Crippen molar-refractivity contribution in [3.8, 4) is 5.69 Å². The third kappa shape index (κ3) is 5.00. The van der Waals surface area contributed by atoms with Crippen LogP contribution >= 0.6 is 22.9 Å². The van der Waals surface area contributed by atoms with Crippen LogP contribution in [0.15, 0.2) is 53.4 Å². The second kappa shape index (κ2) is 10.0. The number of aromatic nitrogens is 2. The van der Waals surface area contributed by atoms with Crippen LogP contribution < -0.4 is 5.32 Å². The summed E-state index contributed by atoms with van der Waals surface area (Å²) in [5.74, 6) is -1.25. The molecule has 0 aliphatic rings. The highest BCUT2D eigenvalue weighted by Crippen LogP contribution is 2.32. The number of rotatable bonds is 7. The number of nitrogens with one attached hydrogen (secondary N) is 1. The molecule has 1 amide bonds. The third-order valence-electron chi connectivity index (χ3n) is 5.39. The van der Waals surface area contributed by atoms with E-state index < -0.39 is 28.5 Å². The second-order valence-electron chi connectivity index (χ2n) is 8.17. The SMILES string of the molecule is Cc1ccc(NC(=O)COC(=O)c2cc3c(C)nn(-c4ccccc4Cl)c3s2)cc1S(=O)(=O)N(C)C. The van der Waals surface area contributed by atoms with Crippen LogP contribution in [0.5, 0.6) is 0 Å². The smallest absolute Gasteiger partial charge is 0.348 e. The van der Waals surface area contributed by atoms with Gasteiger partial charge in [-0.05, 0) is 49.7 Å². The van der Waals surface area contributed by atoms with Gasteiger partial charge < -0.3 is 10.1 Å². The Morgan fingerprint density at radius 2 is 1.86 bits per heavy atom. The number of thiophene rings is 1. The maximum absolute atomic E-state index is 12.7. The molecule has 4 aromatic rings. The van der Waals surface area contributed by atoms with E-state index in [9.17, 15) is 18.0 Å². The molecule has 188 valence electrons. The van der Waals surface area contributed by atoms with Crippen LogP contribution in [0.3, 0.4) is 0 Å². The highest BCUT2D eigenvalue weighted by molar-refractivity contribution is 7.89. The van der Waals surface area contributed by atoms with E-state index in [1.54, 1.807) is 35.9 Å². The third-order valence-corrected chi connectivity index (χ3v) is 8.76. The minimum atomic E-state index is -3.68. The molecule has 0 fully saturated rings. The Morgan fingerprint density at radius 3 is 2.56 bits per heavy atom. The normalized spacial score (nSPS) is 11.7. The fraction of sp³-hybridized carbons (Fsp3) is 0.208. The monoisotopic (exact) mass is 546 g/mol. The number of para-hydroxylation sites is 1. The zero-order valence-electron chi connectivity index (χ0n) is 19.9. The first kappa shape index (κ1) is 25.8. The summed E-state index contributed by atoms with van der Waals surface area (Å²) in [5, 5.41) is 8.40. The van der Waals surface area contributed by atoms with Crippen LogP contribution in [-0.4, -0.2) is 55.1 Å². The number of esters is 1. The number of hydrogen-bond acceptors (Lipinski definition) is 7. The Bertz CT molecular complexity index is 1590. The Balaban J connectivity index is 1.47. The van der Waals surface area contributed by atoms with Crippen LogP contribution in [0.1, 0.15) is 20.9 Å². The van der Waals surface area contributed by atoms with E-state index in [2.05, 4.69) is 10.4 Å². The van der Waals surface area contributed by atoms with Gasteiger partial charge in [0.05, 0.1) is 21.3 Å². The van der Waals surface area contributed by atoms with Crippen molar-refractivity contribution in [3.05, 3.63) is 69.7 Å². The van der Waals surface area contributed by atoms with Crippen molar-refractivity contribution in [2.45, 2.75) is 18.7 Å². The van der Waals surface area contributed by atoms with Gasteiger partial charge in [0.25, 0.3) is 5.91 Å². The quantitative estimate of drug-likeness (QED) is 0.344. The predicted octanol–water partition coefficient (Wildman–Crippen LogP) is 4.40. The van der Waals surface area contributed by atoms with Crippen molar-refractivity contribution >= 4 is 60.7 Å². The number of nitrogens with zero attached hydrogens (tertiary/aromatic N) is 3. The van der Waals surface area contributed by atoms with Gasteiger partial charge in [-0.1, -0.05) is 29.8 Å². The van der Waals surface area contributed by atoms with Crippen LogP contribution in [-0.2, 0) is 19.6 Å². The van der Waals surface area contributed by atoms with E-state index in [1.807, 2.05) is 25.1 Å². The Kier molecular flexibility index (Phi) is 7.19.